The summed E-state index contributed by atoms with van der Waals surface area (Å²) in [5.74, 6) is -1.18. The van der Waals surface area contributed by atoms with E-state index in [0.29, 0.717) is 16.9 Å². The van der Waals surface area contributed by atoms with Crippen LogP contribution in [0.25, 0.3) is 0 Å². The summed E-state index contributed by atoms with van der Waals surface area (Å²) in [4.78, 5) is 40.5. The molecule has 1 fully saturated rings. The Labute approximate surface area is 203 Å². The molecule has 0 bridgehead atoms. The number of thiocarbonyl (C=S) groups is 1. The molecule has 0 saturated carbocycles. The van der Waals surface area contributed by atoms with Gasteiger partial charge in [0.25, 0.3) is 11.8 Å². The van der Waals surface area contributed by atoms with Crippen molar-refractivity contribution in [1.82, 2.24) is 10.4 Å². The highest BCUT2D eigenvalue weighted by molar-refractivity contribution is 7.80. The zero-order chi connectivity index (χ0) is 24.2. The molecule has 0 aromatic heterocycles. The molecule has 7 nitrogen and oxygen atoms in total. The summed E-state index contributed by atoms with van der Waals surface area (Å²) in [6, 6.07) is 22.3. The summed E-state index contributed by atoms with van der Waals surface area (Å²) in [5, 5.41) is 4.21. The molecule has 4 rings (SSSR count). The minimum atomic E-state index is -0.993. The fraction of sp³-hybridized carbons (Fsp3) is 0.154. The molecular weight excluding hydrogens is 448 g/mol. The third kappa shape index (κ3) is 4.97. The number of aryl methyl sites for hydroxylation is 2. The first kappa shape index (κ1) is 23.1. The first-order chi connectivity index (χ1) is 16.3. The number of hydrogen-bond acceptors (Lipinski definition) is 4. The predicted octanol–water partition coefficient (Wildman–Crippen LogP) is 3.98. The van der Waals surface area contributed by atoms with Crippen LogP contribution in [0.5, 0.6) is 0 Å². The zero-order valence-corrected chi connectivity index (χ0v) is 19.6. The largest absolute Gasteiger partial charge is 0.326 e. The number of nitrogens with one attached hydrogen (secondary N) is 2. The van der Waals surface area contributed by atoms with Gasteiger partial charge in [-0.2, -0.15) is 0 Å². The maximum atomic E-state index is 13.4. The van der Waals surface area contributed by atoms with Gasteiger partial charge < -0.3 is 5.32 Å². The number of hydrogen-bond donors (Lipinski definition) is 2. The van der Waals surface area contributed by atoms with Crippen molar-refractivity contribution in [2.45, 2.75) is 26.3 Å². The van der Waals surface area contributed by atoms with Crippen molar-refractivity contribution in [2.24, 2.45) is 0 Å². The average Bonchev–Trinajstić information content (AvgIpc) is 3.05. The number of nitrogens with zero attached hydrogens (tertiary/aromatic N) is 2. The van der Waals surface area contributed by atoms with Gasteiger partial charge in [0, 0.05) is 11.3 Å². The molecule has 0 spiro atoms. The molecule has 1 heterocycles. The lowest BCUT2D eigenvalue weighted by atomic mass is 10.1. The summed E-state index contributed by atoms with van der Waals surface area (Å²) in [5.41, 5.74) is 6.42. The molecule has 34 heavy (non-hydrogen) atoms. The Balaban J connectivity index is 1.58. The van der Waals surface area contributed by atoms with Crippen molar-refractivity contribution in [3.8, 4) is 0 Å². The summed E-state index contributed by atoms with van der Waals surface area (Å²) in [7, 11) is 0. The summed E-state index contributed by atoms with van der Waals surface area (Å²) < 4.78 is 0. The highest BCUT2D eigenvalue weighted by atomic mass is 32.1. The third-order valence-corrected chi connectivity index (χ3v) is 5.86. The van der Waals surface area contributed by atoms with Gasteiger partial charge in [-0.3, -0.25) is 24.7 Å². The van der Waals surface area contributed by atoms with Gasteiger partial charge in [0.1, 0.15) is 6.04 Å². The Hall–Kier alpha value is -4.04. The van der Waals surface area contributed by atoms with E-state index in [-0.39, 0.29) is 23.3 Å². The highest BCUT2D eigenvalue weighted by Gasteiger charge is 2.45. The van der Waals surface area contributed by atoms with Crippen LogP contribution in [0, 0.1) is 13.8 Å². The molecular formula is C26H24N4O3S. The van der Waals surface area contributed by atoms with Crippen molar-refractivity contribution in [3.05, 3.63) is 95.6 Å². The SMILES string of the molecule is Cc1ccc(NC(=O)CC2C(=O)N(c3ccccc3)C(=S)N2NC(=O)c2ccc(C)cc2)cc1. The predicted molar refractivity (Wildman–Crippen MR) is 135 cm³/mol. The quantitative estimate of drug-likeness (QED) is 0.531. The van der Waals surface area contributed by atoms with Crippen molar-refractivity contribution in [2.75, 3.05) is 10.2 Å². The van der Waals surface area contributed by atoms with E-state index in [0.717, 1.165) is 11.1 Å². The van der Waals surface area contributed by atoms with Crippen LogP contribution in [0.1, 0.15) is 27.9 Å². The normalized spacial score (nSPS) is 15.4. The van der Waals surface area contributed by atoms with E-state index < -0.39 is 11.9 Å². The third-order valence-electron chi connectivity index (χ3n) is 5.48. The highest BCUT2D eigenvalue weighted by Crippen LogP contribution is 2.26. The zero-order valence-electron chi connectivity index (χ0n) is 18.8. The van der Waals surface area contributed by atoms with E-state index in [4.69, 9.17) is 12.2 Å². The lowest BCUT2D eigenvalue weighted by Gasteiger charge is -2.24. The lowest BCUT2D eigenvalue weighted by molar-refractivity contribution is -0.124. The number of carbonyl (C=O) groups is 3. The first-order valence-electron chi connectivity index (χ1n) is 10.8. The van der Waals surface area contributed by atoms with Crippen molar-refractivity contribution >= 4 is 46.4 Å². The number of anilines is 2. The van der Waals surface area contributed by atoms with E-state index in [1.807, 2.05) is 44.2 Å². The minimum absolute atomic E-state index is 0.102. The van der Waals surface area contributed by atoms with Gasteiger partial charge >= 0.3 is 0 Å². The monoisotopic (exact) mass is 472 g/mol. The Bertz CT molecular complexity index is 1230. The van der Waals surface area contributed by atoms with Crippen LogP contribution in [0.15, 0.2) is 78.9 Å². The van der Waals surface area contributed by atoms with Gasteiger partial charge in [0.2, 0.25) is 11.0 Å². The number of hydrazine groups is 1. The molecule has 1 aliphatic rings. The molecule has 0 radical (unpaired) electrons. The van der Waals surface area contributed by atoms with Gasteiger partial charge in [-0.05, 0) is 62.5 Å². The van der Waals surface area contributed by atoms with Gasteiger partial charge in [0.05, 0.1) is 12.1 Å². The van der Waals surface area contributed by atoms with Crippen LogP contribution in [0.2, 0.25) is 0 Å². The Morgan fingerprint density at radius 2 is 1.47 bits per heavy atom. The number of amides is 3. The van der Waals surface area contributed by atoms with Crippen LogP contribution in [-0.4, -0.2) is 33.9 Å². The molecule has 1 saturated heterocycles. The second-order valence-electron chi connectivity index (χ2n) is 8.10. The molecule has 8 heteroatoms. The molecule has 3 amide bonds. The summed E-state index contributed by atoms with van der Waals surface area (Å²) in [6.07, 6.45) is -0.190. The number of rotatable bonds is 6. The van der Waals surface area contributed by atoms with Crippen LogP contribution in [-0.2, 0) is 9.59 Å². The standard InChI is InChI=1S/C26H24N4O3S/c1-17-8-12-19(13-9-17)24(32)28-30-22(16-23(31)27-20-14-10-18(2)11-15-20)25(33)29(26(30)34)21-6-4-3-5-7-21/h3-15,22H,16H2,1-2H3,(H,27,31)(H,28,32). The number of carbonyl (C=O) groups excluding carboxylic acids is 3. The van der Waals surface area contributed by atoms with Crippen LogP contribution in [0.4, 0.5) is 11.4 Å². The fourth-order valence-corrected chi connectivity index (χ4v) is 3.99. The van der Waals surface area contributed by atoms with E-state index in [2.05, 4.69) is 10.7 Å². The molecule has 1 unspecified atom stereocenters. The Morgan fingerprint density at radius 3 is 2.09 bits per heavy atom. The Kier molecular flexibility index (Phi) is 6.70. The summed E-state index contributed by atoms with van der Waals surface area (Å²) >= 11 is 5.57. The van der Waals surface area contributed by atoms with Crippen LogP contribution in [0.3, 0.4) is 0 Å². The number of benzene rings is 3. The molecule has 172 valence electrons. The topological polar surface area (TPSA) is 81.8 Å². The lowest BCUT2D eigenvalue weighted by Crippen LogP contribution is -2.49. The van der Waals surface area contributed by atoms with Crippen LogP contribution >= 0.6 is 12.2 Å². The second-order valence-corrected chi connectivity index (χ2v) is 8.47. The van der Waals surface area contributed by atoms with Crippen LogP contribution < -0.4 is 15.6 Å². The molecule has 3 aromatic carbocycles. The van der Waals surface area contributed by atoms with E-state index in [9.17, 15) is 14.4 Å². The first-order valence-corrected chi connectivity index (χ1v) is 11.2. The summed E-state index contributed by atoms with van der Waals surface area (Å²) in [6.45, 7) is 3.88. The fourth-order valence-electron chi connectivity index (χ4n) is 3.62. The minimum Gasteiger partial charge on any atom is -0.326 e. The second kappa shape index (κ2) is 9.84. The van der Waals surface area contributed by atoms with Gasteiger partial charge in [-0.15, -0.1) is 0 Å². The van der Waals surface area contributed by atoms with E-state index in [1.54, 1.807) is 48.5 Å². The average molecular weight is 473 g/mol. The van der Waals surface area contributed by atoms with E-state index in [1.165, 1.54) is 9.91 Å². The molecule has 2 N–H and O–H groups in total. The molecule has 1 atom stereocenters. The molecule has 1 aliphatic heterocycles. The molecule has 3 aromatic rings. The van der Waals surface area contributed by atoms with Crippen molar-refractivity contribution < 1.29 is 14.4 Å². The maximum Gasteiger partial charge on any atom is 0.269 e. The maximum absolute atomic E-state index is 13.4. The van der Waals surface area contributed by atoms with Crippen molar-refractivity contribution in [1.29, 1.82) is 0 Å². The van der Waals surface area contributed by atoms with Gasteiger partial charge in [0.15, 0.2) is 0 Å². The van der Waals surface area contributed by atoms with E-state index >= 15 is 0 Å². The molecule has 0 aliphatic carbocycles. The number of para-hydroxylation sites is 1. The smallest absolute Gasteiger partial charge is 0.269 e. The van der Waals surface area contributed by atoms with Gasteiger partial charge in [-0.1, -0.05) is 53.6 Å². The Morgan fingerprint density at radius 1 is 0.882 bits per heavy atom. The van der Waals surface area contributed by atoms with Crippen molar-refractivity contribution in [3.63, 3.8) is 0 Å². The van der Waals surface area contributed by atoms with Gasteiger partial charge in [-0.25, -0.2) is 5.01 Å².